The summed E-state index contributed by atoms with van der Waals surface area (Å²) in [5, 5.41) is 22.0. The summed E-state index contributed by atoms with van der Waals surface area (Å²) in [4.78, 5) is 12.3. The van der Waals surface area contributed by atoms with Crippen LogP contribution >= 0.6 is 0 Å². The molecule has 2 atom stereocenters. The molecule has 2 N–H and O–H groups in total. The monoisotopic (exact) mass is 314 g/mol. The fourth-order valence-electron chi connectivity index (χ4n) is 2.89. The SMILES string of the molecule is COc1ccc(C=C(C#N)C(=O)NC2CCCCC2C)cc1O. The average molecular weight is 314 g/mol. The van der Waals surface area contributed by atoms with Crippen molar-refractivity contribution in [1.82, 2.24) is 5.32 Å². The van der Waals surface area contributed by atoms with E-state index in [1.54, 1.807) is 12.1 Å². The zero-order valence-electron chi connectivity index (χ0n) is 13.5. The second-order valence-electron chi connectivity index (χ2n) is 5.94. The van der Waals surface area contributed by atoms with Gasteiger partial charge in [0.25, 0.3) is 5.91 Å². The van der Waals surface area contributed by atoms with Gasteiger partial charge in [-0.15, -0.1) is 0 Å². The Balaban J connectivity index is 2.13. The number of phenols is 1. The van der Waals surface area contributed by atoms with E-state index in [-0.39, 0.29) is 23.3 Å². The Morgan fingerprint density at radius 1 is 1.43 bits per heavy atom. The molecular formula is C18H22N2O3. The standard InChI is InChI=1S/C18H22N2O3/c1-12-5-3-4-6-15(12)20-18(22)14(11-19)9-13-7-8-17(23-2)16(21)10-13/h7-10,12,15,21H,3-6H2,1-2H3,(H,20,22). The van der Waals surface area contributed by atoms with Crippen LogP contribution in [0.4, 0.5) is 0 Å². The highest BCUT2D eigenvalue weighted by Crippen LogP contribution is 2.27. The van der Waals surface area contributed by atoms with Crippen molar-refractivity contribution in [2.24, 2.45) is 5.92 Å². The Bertz CT molecular complexity index is 646. The third-order valence-corrected chi connectivity index (χ3v) is 4.31. The van der Waals surface area contributed by atoms with Gasteiger partial charge in [0.05, 0.1) is 7.11 Å². The van der Waals surface area contributed by atoms with Crippen LogP contribution in [0.2, 0.25) is 0 Å². The molecule has 0 heterocycles. The van der Waals surface area contributed by atoms with Gasteiger partial charge in [0, 0.05) is 6.04 Å². The highest BCUT2D eigenvalue weighted by Gasteiger charge is 2.24. The number of amides is 1. The van der Waals surface area contributed by atoms with Crippen molar-refractivity contribution in [1.29, 1.82) is 5.26 Å². The topological polar surface area (TPSA) is 82.3 Å². The van der Waals surface area contributed by atoms with E-state index in [1.807, 2.05) is 6.07 Å². The van der Waals surface area contributed by atoms with E-state index in [0.717, 1.165) is 19.3 Å². The Hall–Kier alpha value is -2.48. The van der Waals surface area contributed by atoms with Gasteiger partial charge in [0.1, 0.15) is 11.6 Å². The van der Waals surface area contributed by atoms with Gasteiger partial charge in [0.2, 0.25) is 0 Å². The zero-order valence-corrected chi connectivity index (χ0v) is 13.5. The first-order chi connectivity index (χ1) is 11.0. The molecule has 1 aromatic carbocycles. The summed E-state index contributed by atoms with van der Waals surface area (Å²) >= 11 is 0. The number of nitrogens with one attached hydrogen (secondary N) is 1. The van der Waals surface area contributed by atoms with Gasteiger partial charge in [-0.05, 0) is 42.5 Å². The lowest BCUT2D eigenvalue weighted by atomic mass is 9.86. The first-order valence-electron chi connectivity index (χ1n) is 7.84. The zero-order chi connectivity index (χ0) is 16.8. The third kappa shape index (κ3) is 4.26. The predicted molar refractivity (Wildman–Crippen MR) is 87.8 cm³/mol. The number of carbonyl (C=O) groups is 1. The minimum atomic E-state index is -0.360. The minimum Gasteiger partial charge on any atom is -0.504 e. The summed E-state index contributed by atoms with van der Waals surface area (Å²) in [5.41, 5.74) is 0.610. The molecular weight excluding hydrogens is 292 g/mol. The molecule has 0 aliphatic heterocycles. The number of ether oxygens (including phenoxy) is 1. The van der Waals surface area contributed by atoms with Crippen LogP contribution in [-0.2, 0) is 4.79 Å². The van der Waals surface area contributed by atoms with Crippen molar-refractivity contribution < 1.29 is 14.6 Å². The molecule has 5 nitrogen and oxygen atoms in total. The number of hydrogen-bond acceptors (Lipinski definition) is 4. The molecule has 23 heavy (non-hydrogen) atoms. The van der Waals surface area contributed by atoms with Gasteiger partial charge in [-0.3, -0.25) is 4.79 Å². The average Bonchev–Trinajstić information content (AvgIpc) is 2.54. The quantitative estimate of drug-likeness (QED) is 0.661. The lowest BCUT2D eigenvalue weighted by Crippen LogP contribution is -2.41. The molecule has 0 aromatic heterocycles. The van der Waals surface area contributed by atoms with Crippen LogP contribution in [0.1, 0.15) is 38.2 Å². The Morgan fingerprint density at radius 2 is 2.17 bits per heavy atom. The number of methoxy groups -OCH3 is 1. The summed E-state index contributed by atoms with van der Waals surface area (Å²) in [6.45, 7) is 2.13. The number of hydrogen-bond donors (Lipinski definition) is 2. The maximum Gasteiger partial charge on any atom is 0.262 e. The minimum absolute atomic E-state index is 0.0279. The first kappa shape index (κ1) is 16.9. The molecule has 1 saturated carbocycles. The number of nitrogens with zero attached hydrogens (tertiary/aromatic N) is 1. The smallest absolute Gasteiger partial charge is 0.262 e. The molecule has 0 radical (unpaired) electrons. The molecule has 0 saturated heterocycles. The molecule has 5 heteroatoms. The molecule has 122 valence electrons. The van der Waals surface area contributed by atoms with E-state index in [2.05, 4.69) is 12.2 Å². The Morgan fingerprint density at radius 3 is 2.78 bits per heavy atom. The van der Waals surface area contributed by atoms with Crippen LogP contribution in [0.5, 0.6) is 11.5 Å². The molecule has 1 aliphatic carbocycles. The van der Waals surface area contributed by atoms with Crippen LogP contribution in [0, 0.1) is 17.2 Å². The van der Waals surface area contributed by atoms with E-state index >= 15 is 0 Å². The molecule has 1 aliphatic rings. The van der Waals surface area contributed by atoms with Crippen LogP contribution < -0.4 is 10.1 Å². The van der Waals surface area contributed by atoms with Crippen LogP contribution in [0.15, 0.2) is 23.8 Å². The summed E-state index contributed by atoms with van der Waals surface area (Å²) in [7, 11) is 1.46. The number of phenolic OH excluding ortho intramolecular Hbond substituents is 1. The highest BCUT2D eigenvalue weighted by atomic mass is 16.5. The van der Waals surface area contributed by atoms with E-state index in [9.17, 15) is 15.2 Å². The van der Waals surface area contributed by atoms with Crippen LogP contribution in [0.3, 0.4) is 0 Å². The maximum atomic E-state index is 12.3. The van der Waals surface area contributed by atoms with Crippen molar-refractivity contribution in [3.63, 3.8) is 0 Å². The summed E-state index contributed by atoms with van der Waals surface area (Å²) < 4.78 is 4.98. The van der Waals surface area contributed by atoms with Crippen LogP contribution in [-0.4, -0.2) is 24.2 Å². The van der Waals surface area contributed by atoms with Crippen LogP contribution in [0.25, 0.3) is 6.08 Å². The van der Waals surface area contributed by atoms with Gasteiger partial charge < -0.3 is 15.2 Å². The summed E-state index contributed by atoms with van der Waals surface area (Å²) in [6.07, 6.45) is 5.83. The van der Waals surface area contributed by atoms with E-state index in [0.29, 0.717) is 17.2 Å². The summed E-state index contributed by atoms with van der Waals surface area (Å²) in [5.74, 6) is 0.389. The molecule has 1 aromatic rings. The predicted octanol–water partition coefficient (Wildman–Crippen LogP) is 3.00. The fraction of sp³-hybridized carbons (Fsp3) is 0.444. The molecule has 0 spiro atoms. The molecule has 2 rings (SSSR count). The van der Waals surface area contributed by atoms with E-state index in [1.165, 1.54) is 25.7 Å². The summed E-state index contributed by atoms with van der Waals surface area (Å²) in [6, 6.07) is 6.81. The number of carbonyl (C=O) groups excluding carboxylic acids is 1. The second-order valence-corrected chi connectivity index (χ2v) is 5.94. The van der Waals surface area contributed by atoms with Crippen molar-refractivity contribution in [2.45, 2.75) is 38.6 Å². The van der Waals surface area contributed by atoms with E-state index < -0.39 is 0 Å². The van der Waals surface area contributed by atoms with Gasteiger partial charge >= 0.3 is 0 Å². The molecule has 1 fully saturated rings. The lowest BCUT2D eigenvalue weighted by Gasteiger charge is -2.29. The number of aromatic hydroxyl groups is 1. The second kappa shape index (κ2) is 7.68. The van der Waals surface area contributed by atoms with E-state index in [4.69, 9.17) is 4.74 Å². The Kier molecular flexibility index (Phi) is 5.64. The van der Waals surface area contributed by atoms with Gasteiger partial charge in [0.15, 0.2) is 11.5 Å². The normalized spacial score (nSPS) is 21.3. The highest BCUT2D eigenvalue weighted by molar-refractivity contribution is 6.01. The number of nitriles is 1. The lowest BCUT2D eigenvalue weighted by molar-refractivity contribution is -0.118. The maximum absolute atomic E-state index is 12.3. The Labute approximate surface area is 136 Å². The van der Waals surface area contributed by atoms with Crippen molar-refractivity contribution in [2.75, 3.05) is 7.11 Å². The van der Waals surface area contributed by atoms with Gasteiger partial charge in [-0.2, -0.15) is 5.26 Å². The van der Waals surface area contributed by atoms with Gasteiger partial charge in [-0.25, -0.2) is 0 Å². The molecule has 1 amide bonds. The van der Waals surface area contributed by atoms with Crippen molar-refractivity contribution in [3.8, 4) is 17.6 Å². The molecule has 2 unspecified atom stereocenters. The largest absolute Gasteiger partial charge is 0.504 e. The molecule has 0 bridgehead atoms. The number of benzene rings is 1. The fourth-order valence-corrected chi connectivity index (χ4v) is 2.89. The van der Waals surface area contributed by atoms with Crippen molar-refractivity contribution in [3.05, 3.63) is 29.3 Å². The van der Waals surface area contributed by atoms with Gasteiger partial charge in [-0.1, -0.05) is 25.8 Å². The number of rotatable bonds is 4. The first-order valence-corrected chi connectivity index (χ1v) is 7.84. The third-order valence-electron chi connectivity index (χ3n) is 4.31. The van der Waals surface area contributed by atoms with Crippen molar-refractivity contribution >= 4 is 12.0 Å².